The summed E-state index contributed by atoms with van der Waals surface area (Å²) in [4.78, 5) is 55.9. The lowest BCUT2D eigenvalue weighted by Gasteiger charge is -2.40. The van der Waals surface area contributed by atoms with Crippen LogP contribution in [0.2, 0.25) is 0 Å². The average Bonchev–Trinajstić information content (AvgIpc) is 3.10. The van der Waals surface area contributed by atoms with E-state index in [-0.39, 0.29) is 37.3 Å². The Morgan fingerprint density at radius 2 is 1.28 bits per heavy atom. The Labute approximate surface area is 290 Å². The molecule has 9 nitrogen and oxygen atoms in total. The van der Waals surface area contributed by atoms with Crippen molar-refractivity contribution in [2.75, 3.05) is 22.9 Å². The monoisotopic (exact) mass is 695 g/mol. The minimum atomic E-state index is -5.25. The summed E-state index contributed by atoms with van der Waals surface area (Å²) in [5.74, 6) is -3.59. The van der Waals surface area contributed by atoms with E-state index in [1.54, 1.807) is 105 Å². The highest BCUT2D eigenvalue weighted by Crippen LogP contribution is 2.36. The highest BCUT2D eigenvalue weighted by atomic mass is 19.4. The van der Waals surface area contributed by atoms with Crippen LogP contribution in [-0.4, -0.2) is 55.1 Å². The van der Waals surface area contributed by atoms with Gasteiger partial charge in [-0.05, 0) is 36.1 Å². The Kier molecular flexibility index (Phi) is 13.0. The number of esters is 1. The predicted molar refractivity (Wildman–Crippen MR) is 183 cm³/mol. The first-order chi connectivity index (χ1) is 23.7. The number of benzene rings is 3. The molecule has 1 N–H and O–H groups in total. The number of hydrogen-bond acceptors (Lipinski definition) is 7. The van der Waals surface area contributed by atoms with E-state index in [9.17, 15) is 32.3 Å². The van der Waals surface area contributed by atoms with Gasteiger partial charge in [-0.1, -0.05) is 113 Å². The van der Waals surface area contributed by atoms with Crippen LogP contribution >= 0.6 is 0 Å². The molecule has 1 saturated carbocycles. The Balaban J connectivity index is 1.73. The Morgan fingerprint density at radius 1 is 0.760 bits per heavy atom. The van der Waals surface area contributed by atoms with Crippen LogP contribution in [-0.2, 0) is 37.1 Å². The number of hydrogen-bond donors (Lipinski definition) is 1. The number of amides is 2. The quantitative estimate of drug-likeness (QED) is 0.186. The summed E-state index contributed by atoms with van der Waals surface area (Å²) in [5.41, 5.74) is 1.19. The summed E-state index contributed by atoms with van der Waals surface area (Å²) in [6, 6.07) is 22.4. The molecule has 1 atom stereocenters. The van der Waals surface area contributed by atoms with E-state index in [0.717, 1.165) is 24.8 Å². The third-order valence-electron chi connectivity index (χ3n) is 8.51. The second-order valence-corrected chi connectivity index (χ2v) is 13.3. The maximum absolute atomic E-state index is 13.8. The van der Waals surface area contributed by atoms with Crippen molar-refractivity contribution < 1.29 is 41.8 Å². The van der Waals surface area contributed by atoms with E-state index in [0.29, 0.717) is 24.1 Å². The molecule has 4 rings (SSSR count). The van der Waals surface area contributed by atoms with Crippen molar-refractivity contribution in [1.29, 1.82) is 0 Å². The van der Waals surface area contributed by atoms with Gasteiger partial charge >= 0.3 is 24.1 Å². The molecule has 12 heteroatoms. The van der Waals surface area contributed by atoms with Crippen LogP contribution in [0.15, 0.2) is 84.9 Å². The van der Waals surface area contributed by atoms with Crippen molar-refractivity contribution in [1.82, 2.24) is 5.32 Å². The highest BCUT2D eigenvalue weighted by molar-refractivity contribution is 6.00. The predicted octanol–water partition coefficient (Wildman–Crippen LogP) is 7.37. The number of ketones is 1. The highest BCUT2D eigenvalue weighted by Gasteiger charge is 2.42. The fourth-order valence-corrected chi connectivity index (χ4v) is 5.64. The summed E-state index contributed by atoms with van der Waals surface area (Å²) in [5, 5.41) is 1.85. The summed E-state index contributed by atoms with van der Waals surface area (Å²) < 4.78 is 51.7. The molecule has 0 saturated heterocycles. The van der Waals surface area contributed by atoms with Crippen LogP contribution in [0.1, 0.15) is 64.0 Å². The number of rotatable bonds is 13. The standard InChI is InChI=1S/C38H44F3N3O6/c1-37(2,3)33(45)24-44(36(48)50-26-28-17-9-5-10-18-28)32-22-14-13-21-31(32)43(29-19-11-6-12-20-29)23-30(42-35(47)38(39,40)41)34(46)49-25-27-15-7-4-8-16-27/h4-5,7-10,13-18,21-22,29-30H,6,11-12,19-20,23-26H2,1-3H3,(H,42,47)/t30-/m1/s1. The van der Waals surface area contributed by atoms with Crippen molar-refractivity contribution in [3.8, 4) is 0 Å². The fraction of sp³-hybridized carbons (Fsp3) is 0.421. The van der Waals surface area contributed by atoms with E-state index in [1.807, 2.05) is 11.4 Å². The number of nitrogens with one attached hydrogen (secondary N) is 1. The zero-order valence-electron chi connectivity index (χ0n) is 28.6. The third-order valence-corrected chi connectivity index (χ3v) is 8.51. The topological polar surface area (TPSA) is 105 Å². The van der Waals surface area contributed by atoms with Crippen LogP contribution in [0.4, 0.5) is 29.3 Å². The second-order valence-electron chi connectivity index (χ2n) is 13.3. The smallest absolute Gasteiger partial charge is 0.459 e. The van der Waals surface area contributed by atoms with Gasteiger partial charge in [0.05, 0.1) is 17.9 Å². The number of nitrogens with zero attached hydrogens (tertiary/aromatic N) is 2. The lowest BCUT2D eigenvalue weighted by Crippen LogP contribution is -2.55. The minimum Gasteiger partial charge on any atom is -0.459 e. The van der Waals surface area contributed by atoms with Crippen molar-refractivity contribution in [3.63, 3.8) is 0 Å². The zero-order valence-corrected chi connectivity index (χ0v) is 28.6. The number of halogens is 3. The van der Waals surface area contributed by atoms with Crippen LogP contribution in [0, 0.1) is 5.41 Å². The molecule has 0 unspecified atom stereocenters. The molecular weight excluding hydrogens is 651 g/mol. The van der Waals surface area contributed by atoms with Crippen molar-refractivity contribution in [2.45, 2.75) is 84.3 Å². The first-order valence-corrected chi connectivity index (χ1v) is 16.7. The van der Waals surface area contributed by atoms with E-state index in [2.05, 4.69) is 0 Å². The number of alkyl halides is 3. The van der Waals surface area contributed by atoms with Gasteiger partial charge in [-0.3, -0.25) is 14.5 Å². The molecule has 0 aromatic heterocycles. The van der Waals surface area contributed by atoms with Crippen molar-refractivity contribution in [3.05, 3.63) is 96.1 Å². The fourth-order valence-electron chi connectivity index (χ4n) is 5.64. The molecule has 3 aromatic rings. The van der Waals surface area contributed by atoms with Gasteiger partial charge in [-0.2, -0.15) is 13.2 Å². The molecule has 0 heterocycles. The molecule has 3 aromatic carbocycles. The molecule has 2 amide bonds. The SMILES string of the molecule is CC(C)(C)C(=O)CN(C(=O)OCc1ccccc1)c1ccccc1N(C[C@@H](NC(=O)C(F)(F)F)C(=O)OCc1ccccc1)C1CCCCC1. The van der Waals surface area contributed by atoms with Gasteiger partial charge in [-0.25, -0.2) is 9.59 Å². The van der Waals surface area contributed by atoms with E-state index in [4.69, 9.17) is 9.47 Å². The van der Waals surface area contributed by atoms with Crippen LogP contribution in [0.5, 0.6) is 0 Å². The first-order valence-electron chi connectivity index (χ1n) is 16.7. The molecule has 0 radical (unpaired) electrons. The zero-order chi connectivity index (χ0) is 36.3. The largest absolute Gasteiger partial charge is 0.471 e. The van der Waals surface area contributed by atoms with Gasteiger partial charge in [0, 0.05) is 18.0 Å². The minimum absolute atomic E-state index is 0.0623. The summed E-state index contributed by atoms with van der Waals surface area (Å²) in [6.45, 7) is 4.19. The van der Waals surface area contributed by atoms with Gasteiger partial charge in [0.25, 0.3) is 0 Å². The Bertz CT molecular complexity index is 1590. The number of para-hydroxylation sites is 2. The van der Waals surface area contributed by atoms with E-state index >= 15 is 0 Å². The molecule has 1 aliphatic carbocycles. The average molecular weight is 696 g/mol. The molecule has 0 aliphatic heterocycles. The lowest BCUT2D eigenvalue weighted by atomic mass is 9.90. The number of carbonyl (C=O) groups excluding carboxylic acids is 4. The molecular formula is C38H44F3N3O6. The maximum atomic E-state index is 13.8. The van der Waals surface area contributed by atoms with Crippen LogP contribution < -0.4 is 15.1 Å². The first kappa shape index (κ1) is 37.9. The number of Topliss-reactive ketones (excluding diaryl/α,β-unsaturated/α-hetero) is 1. The Morgan fingerprint density at radius 3 is 1.82 bits per heavy atom. The van der Waals surface area contributed by atoms with Crippen molar-refractivity contribution in [2.24, 2.45) is 5.41 Å². The number of anilines is 2. The second kappa shape index (κ2) is 17.2. The van der Waals surface area contributed by atoms with Gasteiger partial charge in [0.15, 0.2) is 5.78 Å². The molecule has 268 valence electrons. The van der Waals surface area contributed by atoms with Gasteiger partial charge < -0.3 is 19.7 Å². The van der Waals surface area contributed by atoms with Crippen molar-refractivity contribution >= 4 is 35.1 Å². The summed E-state index contributed by atoms with van der Waals surface area (Å²) in [6.07, 6.45) is -2.15. The summed E-state index contributed by atoms with van der Waals surface area (Å²) in [7, 11) is 0. The molecule has 1 aliphatic rings. The third kappa shape index (κ3) is 10.8. The number of ether oxygens (including phenoxy) is 2. The van der Waals surface area contributed by atoms with Gasteiger partial charge in [0.1, 0.15) is 19.3 Å². The molecule has 0 spiro atoms. The number of carbonyl (C=O) groups is 4. The molecule has 0 bridgehead atoms. The van der Waals surface area contributed by atoms with Crippen LogP contribution in [0.3, 0.4) is 0 Å². The maximum Gasteiger partial charge on any atom is 0.471 e. The molecule has 50 heavy (non-hydrogen) atoms. The van der Waals surface area contributed by atoms with Crippen LogP contribution in [0.25, 0.3) is 0 Å². The van der Waals surface area contributed by atoms with Gasteiger partial charge in [-0.15, -0.1) is 0 Å². The van der Waals surface area contributed by atoms with E-state index < -0.39 is 42.1 Å². The lowest BCUT2D eigenvalue weighted by molar-refractivity contribution is -0.175. The summed E-state index contributed by atoms with van der Waals surface area (Å²) >= 11 is 0. The van der Waals surface area contributed by atoms with E-state index in [1.165, 1.54) is 4.90 Å². The molecule has 1 fully saturated rings. The van der Waals surface area contributed by atoms with Gasteiger partial charge in [0.2, 0.25) is 0 Å². The normalized spacial score (nSPS) is 14.3. The Hall–Kier alpha value is -4.87.